The summed E-state index contributed by atoms with van der Waals surface area (Å²) >= 11 is 0. The van der Waals surface area contributed by atoms with Gasteiger partial charge in [-0.25, -0.2) is 0 Å². The van der Waals surface area contributed by atoms with Gasteiger partial charge >= 0.3 is 0 Å². The highest BCUT2D eigenvalue weighted by Gasteiger charge is 2.16. The average Bonchev–Trinajstić information content (AvgIpc) is 2.67. The molecule has 0 atom stereocenters. The fraction of sp³-hybridized carbons (Fsp3) is 0.438. The van der Waals surface area contributed by atoms with Crippen LogP contribution in [0.4, 0.5) is 5.82 Å². The van der Waals surface area contributed by atoms with Gasteiger partial charge in [-0.3, -0.25) is 4.68 Å². The number of unbranched alkanes of at least 4 members (excludes halogenated alkanes) is 2. The highest BCUT2D eigenvalue weighted by Crippen LogP contribution is 2.32. The lowest BCUT2D eigenvalue weighted by atomic mass is 9.98. The average molecular weight is 257 g/mol. The summed E-state index contributed by atoms with van der Waals surface area (Å²) in [5.41, 5.74) is 10.9. The summed E-state index contributed by atoms with van der Waals surface area (Å²) in [4.78, 5) is 0. The smallest absolute Gasteiger partial charge is 0.129 e. The van der Waals surface area contributed by atoms with E-state index >= 15 is 0 Å². The summed E-state index contributed by atoms with van der Waals surface area (Å²) in [6.45, 7) is 4.34. The molecule has 0 radical (unpaired) electrons. The summed E-state index contributed by atoms with van der Waals surface area (Å²) in [6, 6.07) is 8.37. The number of hydrogen-bond acceptors (Lipinski definition) is 2. The van der Waals surface area contributed by atoms with Gasteiger partial charge in [0.15, 0.2) is 0 Å². The molecule has 0 unspecified atom stereocenters. The molecule has 1 heterocycles. The van der Waals surface area contributed by atoms with Crippen molar-refractivity contribution in [3.63, 3.8) is 0 Å². The number of aromatic nitrogens is 2. The zero-order valence-electron chi connectivity index (χ0n) is 12.1. The maximum atomic E-state index is 6.21. The fourth-order valence-electron chi connectivity index (χ4n) is 2.46. The molecule has 3 nitrogen and oxygen atoms in total. The Labute approximate surface area is 115 Å². The second-order valence-electron chi connectivity index (χ2n) is 5.10. The van der Waals surface area contributed by atoms with Crippen molar-refractivity contribution in [1.82, 2.24) is 9.78 Å². The number of hydrogen-bond donors (Lipinski definition) is 1. The lowest BCUT2D eigenvalue weighted by Gasteiger charge is -2.07. The van der Waals surface area contributed by atoms with Crippen molar-refractivity contribution in [1.29, 1.82) is 0 Å². The molecule has 0 spiro atoms. The molecule has 0 aliphatic rings. The number of benzene rings is 1. The third kappa shape index (κ3) is 2.80. The zero-order valence-corrected chi connectivity index (χ0v) is 12.1. The standard InChI is InChI=1S/C16H23N3/c1-4-5-6-11-14-15(16(17)19(3)18-14)13-10-8-7-9-12(13)2/h7-10H,4-6,11,17H2,1-3H3. The van der Waals surface area contributed by atoms with E-state index in [2.05, 4.69) is 43.2 Å². The molecule has 2 N–H and O–H groups in total. The quantitative estimate of drug-likeness (QED) is 0.830. The van der Waals surface area contributed by atoms with E-state index in [1.165, 1.54) is 30.4 Å². The van der Waals surface area contributed by atoms with Crippen LogP contribution in [0.25, 0.3) is 11.1 Å². The summed E-state index contributed by atoms with van der Waals surface area (Å²) in [5, 5.41) is 4.59. The Morgan fingerprint density at radius 2 is 1.95 bits per heavy atom. The van der Waals surface area contributed by atoms with Gasteiger partial charge in [0.2, 0.25) is 0 Å². The molecule has 1 aromatic heterocycles. The van der Waals surface area contributed by atoms with Crippen LogP contribution in [0.5, 0.6) is 0 Å². The molecule has 0 saturated heterocycles. The SMILES string of the molecule is CCCCCc1nn(C)c(N)c1-c1ccccc1C. The summed E-state index contributed by atoms with van der Waals surface area (Å²) in [7, 11) is 1.92. The maximum Gasteiger partial charge on any atom is 0.129 e. The van der Waals surface area contributed by atoms with Crippen LogP contribution in [-0.4, -0.2) is 9.78 Å². The van der Waals surface area contributed by atoms with Gasteiger partial charge in [-0.15, -0.1) is 0 Å². The second-order valence-corrected chi connectivity index (χ2v) is 5.10. The number of nitrogen functional groups attached to an aromatic ring is 1. The van der Waals surface area contributed by atoms with Crippen LogP contribution in [0.15, 0.2) is 24.3 Å². The van der Waals surface area contributed by atoms with Crippen LogP contribution < -0.4 is 5.73 Å². The Bertz CT molecular complexity index is 555. The van der Waals surface area contributed by atoms with E-state index < -0.39 is 0 Å². The Morgan fingerprint density at radius 3 is 2.63 bits per heavy atom. The number of rotatable bonds is 5. The largest absolute Gasteiger partial charge is 0.383 e. The Kier molecular flexibility index (Phi) is 4.25. The van der Waals surface area contributed by atoms with Crippen molar-refractivity contribution in [2.45, 2.75) is 39.5 Å². The molecular formula is C16H23N3. The fourth-order valence-corrected chi connectivity index (χ4v) is 2.46. The van der Waals surface area contributed by atoms with Gasteiger partial charge in [-0.05, 0) is 30.9 Å². The number of nitrogens with zero attached hydrogens (tertiary/aromatic N) is 2. The summed E-state index contributed by atoms with van der Waals surface area (Å²) < 4.78 is 1.79. The van der Waals surface area contributed by atoms with Crippen LogP contribution in [0.1, 0.15) is 37.4 Å². The van der Waals surface area contributed by atoms with E-state index in [0.29, 0.717) is 0 Å². The van der Waals surface area contributed by atoms with Crippen molar-refractivity contribution < 1.29 is 0 Å². The molecule has 3 heteroatoms. The van der Waals surface area contributed by atoms with Gasteiger partial charge < -0.3 is 5.73 Å². The highest BCUT2D eigenvalue weighted by molar-refractivity contribution is 5.78. The molecule has 19 heavy (non-hydrogen) atoms. The van der Waals surface area contributed by atoms with Gasteiger partial charge in [-0.2, -0.15) is 5.10 Å². The molecule has 2 aromatic rings. The molecule has 0 amide bonds. The minimum atomic E-state index is 0.765. The van der Waals surface area contributed by atoms with E-state index in [1.54, 1.807) is 4.68 Å². The first-order chi connectivity index (χ1) is 9.15. The second kappa shape index (κ2) is 5.91. The molecule has 0 aliphatic carbocycles. The molecule has 0 aliphatic heterocycles. The minimum Gasteiger partial charge on any atom is -0.383 e. The summed E-state index contributed by atoms with van der Waals surface area (Å²) in [5.74, 6) is 0.765. The van der Waals surface area contributed by atoms with Crippen LogP contribution in [0, 0.1) is 6.92 Å². The van der Waals surface area contributed by atoms with Crippen molar-refractivity contribution in [3.8, 4) is 11.1 Å². The monoisotopic (exact) mass is 257 g/mol. The Balaban J connectivity index is 2.41. The van der Waals surface area contributed by atoms with E-state index in [4.69, 9.17) is 5.73 Å². The lowest BCUT2D eigenvalue weighted by Crippen LogP contribution is -1.98. The maximum absolute atomic E-state index is 6.21. The Morgan fingerprint density at radius 1 is 1.21 bits per heavy atom. The van der Waals surface area contributed by atoms with Crippen molar-refractivity contribution >= 4 is 5.82 Å². The van der Waals surface area contributed by atoms with Crippen LogP contribution >= 0.6 is 0 Å². The minimum absolute atomic E-state index is 0.765. The van der Waals surface area contributed by atoms with Gasteiger partial charge in [0.25, 0.3) is 0 Å². The van der Waals surface area contributed by atoms with E-state index in [9.17, 15) is 0 Å². The number of aryl methyl sites for hydroxylation is 3. The highest BCUT2D eigenvalue weighted by atomic mass is 15.3. The first-order valence-corrected chi connectivity index (χ1v) is 7.02. The van der Waals surface area contributed by atoms with Gasteiger partial charge in [0.05, 0.1) is 5.69 Å². The number of anilines is 1. The molecule has 0 fully saturated rings. The molecule has 2 rings (SSSR count). The van der Waals surface area contributed by atoms with Gasteiger partial charge in [0.1, 0.15) is 5.82 Å². The van der Waals surface area contributed by atoms with Crippen LogP contribution in [0.2, 0.25) is 0 Å². The number of nitrogens with two attached hydrogens (primary N) is 1. The van der Waals surface area contributed by atoms with E-state index in [-0.39, 0.29) is 0 Å². The van der Waals surface area contributed by atoms with E-state index in [1.807, 2.05) is 7.05 Å². The molecule has 0 saturated carbocycles. The molecular weight excluding hydrogens is 234 g/mol. The predicted molar refractivity (Wildman–Crippen MR) is 81.0 cm³/mol. The molecule has 102 valence electrons. The van der Waals surface area contributed by atoms with Crippen molar-refractivity contribution in [2.75, 3.05) is 5.73 Å². The third-order valence-electron chi connectivity index (χ3n) is 3.60. The topological polar surface area (TPSA) is 43.8 Å². The van der Waals surface area contributed by atoms with Crippen LogP contribution in [-0.2, 0) is 13.5 Å². The molecule has 0 bridgehead atoms. The normalized spacial score (nSPS) is 10.9. The van der Waals surface area contributed by atoms with Crippen molar-refractivity contribution in [2.24, 2.45) is 7.05 Å². The lowest BCUT2D eigenvalue weighted by molar-refractivity contribution is 0.685. The van der Waals surface area contributed by atoms with E-state index in [0.717, 1.165) is 23.5 Å². The molecule has 1 aromatic carbocycles. The summed E-state index contributed by atoms with van der Waals surface area (Å²) in [6.07, 6.45) is 4.64. The van der Waals surface area contributed by atoms with Gasteiger partial charge in [-0.1, -0.05) is 44.0 Å². The van der Waals surface area contributed by atoms with Crippen LogP contribution in [0.3, 0.4) is 0 Å². The predicted octanol–water partition coefficient (Wildman–Crippen LogP) is 3.71. The van der Waals surface area contributed by atoms with Crippen molar-refractivity contribution in [3.05, 3.63) is 35.5 Å². The first-order valence-electron chi connectivity index (χ1n) is 7.02. The first kappa shape index (κ1) is 13.7. The zero-order chi connectivity index (χ0) is 13.8. The third-order valence-corrected chi connectivity index (χ3v) is 3.60. The van der Waals surface area contributed by atoms with Gasteiger partial charge in [0, 0.05) is 12.6 Å². The Hall–Kier alpha value is -1.77.